The predicted octanol–water partition coefficient (Wildman–Crippen LogP) is 4.06. The second-order valence-electron chi connectivity index (χ2n) is 5.66. The van der Waals surface area contributed by atoms with Gasteiger partial charge in [0.1, 0.15) is 0 Å². The largest absolute Gasteiger partial charge is 0.393 e. The van der Waals surface area contributed by atoms with Crippen molar-refractivity contribution in [2.75, 3.05) is 7.11 Å². The zero-order chi connectivity index (χ0) is 12.6. The van der Waals surface area contributed by atoms with Gasteiger partial charge in [0.25, 0.3) is 0 Å². The van der Waals surface area contributed by atoms with Gasteiger partial charge < -0.3 is 9.84 Å². The van der Waals surface area contributed by atoms with Crippen molar-refractivity contribution in [3.63, 3.8) is 0 Å². The second kappa shape index (κ2) is 8.10. The van der Waals surface area contributed by atoms with Crippen molar-refractivity contribution in [2.45, 2.75) is 89.3 Å². The molecule has 1 aliphatic rings. The Labute approximate surface area is 107 Å². The minimum Gasteiger partial charge on any atom is -0.393 e. The molecule has 0 aromatic carbocycles. The molecule has 1 rings (SSSR count). The number of aliphatic hydroxyl groups is 1. The molecule has 0 saturated heterocycles. The summed E-state index contributed by atoms with van der Waals surface area (Å²) in [7, 11) is 1.79. The van der Waals surface area contributed by atoms with Crippen LogP contribution in [0.2, 0.25) is 0 Å². The molecule has 0 spiro atoms. The Bertz CT molecular complexity index is 182. The molecular weight excluding hydrogens is 212 g/mol. The van der Waals surface area contributed by atoms with Crippen molar-refractivity contribution in [3.8, 4) is 0 Å². The van der Waals surface area contributed by atoms with E-state index >= 15 is 0 Å². The van der Waals surface area contributed by atoms with Gasteiger partial charge in [-0.15, -0.1) is 0 Å². The Morgan fingerprint density at radius 2 is 1.76 bits per heavy atom. The van der Waals surface area contributed by atoms with Gasteiger partial charge >= 0.3 is 0 Å². The number of hydrogen-bond donors (Lipinski definition) is 1. The first-order valence-electron chi connectivity index (χ1n) is 7.45. The fourth-order valence-electron chi connectivity index (χ4n) is 2.75. The fraction of sp³-hybridized carbons (Fsp3) is 1.00. The van der Waals surface area contributed by atoms with Crippen LogP contribution in [0.1, 0.15) is 77.6 Å². The second-order valence-corrected chi connectivity index (χ2v) is 5.66. The van der Waals surface area contributed by atoms with E-state index in [-0.39, 0.29) is 11.7 Å². The lowest BCUT2D eigenvalue weighted by atomic mass is 9.75. The number of ether oxygens (including phenoxy) is 1. The summed E-state index contributed by atoms with van der Waals surface area (Å²) < 4.78 is 5.54. The Morgan fingerprint density at radius 3 is 2.29 bits per heavy atom. The smallest absolute Gasteiger partial charge is 0.0703 e. The number of hydrogen-bond acceptors (Lipinski definition) is 2. The van der Waals surface area contributed by atoms with Gasteiger partial charge in [0, 0.05) is 13.5 Å². The van der Waals surface area contributed by atoms with Crippen LogP contribution in [0.5, 0.6) is 0 Å². The molecule has 1 atom stereocenters. The molecule has 1 unspecified atom stereocenters. The normalized spacial score (nSPS) is 19.9. The van der Waals surface area contributed by atoms with E-state index in [2.05, 4.69) is 6.92 Å². The van der Waals surface area contributed by atoms with Crippen LogP contribution in [0.15, 0.2) is 0 Å². The van der Waals surface area contributed by atoms with Crippen LogP contribution in [-0.2, 0) is 4.74 Å². The van der Waals surface area contributed by atoms with Crippen LogP contribution < -0.4 is 0 Å². The third-order valence-electron chi connectivity index (χ3n) is 4.20. The van der Waals surface area contributed by atoms with Crippen LogP contribution in [0.4, 0.5) is 0 Å². The first-order chi connectivity index (χ1) is 8.22. The number of aliphatic hydroxyl groups excluding tert-OH is 1. The highest BCUT2D eigenvalue weighted by molar-refractivity contribution is 4.91. The molecule has 102 valence electrons. The van der Waals surface area contributed by atoms with E-state index in [1.54, 1.807) is 7.11 Å². The van der Waals surface area contributed by atoms with E-state index in [0.717, 1.165) is 25.7 Å². The molecule has 1 N–H and O–H groups in total. The predicted molar refractivity (Wildman–Crippen MR) is 72.2 cm³/mol. The lowest BCUT2D eigenvalue weighted by Crippen LogP contribution is -2.42. The summed E-state index contributed by atoms with van der Waals surface area (Å²) in [6, 6.07) is 0. The van der Waals surface area contributed by atoms with Gasteiger partial charge in [0.15, 0.2) is 0 Å². The van der Waals surface area contributed by atoms with Gasteiger partial charge in [0.05, 0.1) is 11.7 Å². The maximum Gasteiger partial charge on any atom is 0.0703 e. The average molecular weight is 242 g/mol. The molecule has 0 aliphatic heterocycles. The van der Waals surface area contributed by atoms with Gasteiger partial charge in [-0.25, -0.2) is 0 Å². The number of rotatable bonds is 10. The molecule has 0 amide bonds. The van der Waals surface area contributed by atoms with E-state index in [1.807, 2.05) is 0 Å². The summed E-state index contributed by atoms with van der Waals surface area (Å²) >= 11 is 0. The highest BCUT2D eigenvalue weighted by Gasteiger charge is 2.38. The van der Waals surface area contributed by atoms with Crippen LogP contribution in [0.25, 0.3) is 0 Å². The maximum atomic E-state index is 10.0. The molecule has 0 aromatic heterocycles. The molecule has 1 fully saturated rings. The van der Waals surface area contributed by atoms with E-state index in [9.17, 15) is 5.11 Å². The minimum absolute atomic E-state index is 0.0294. The summed E-state index contributed by atoms with van der Waals surface area (Å²) in [5.41, 5.74) is 0.0294. The van der Waals surface area contributed by atoms with Crippen LogP contribution >= 0.6 is 0 Å². The van der Waals surface area contributed by atoms with Gasteiger partial charge in [-0.1, -0.05) is 45.4 Å². The molecular formula is C15H30O2. The monoisotopic (exact) mass is 242 g/mol. The van der Waals surface area contributed by atoms with E-state index in [4.69, 9.17) is 4.74 Å². The Balaban J connectivity index is 1.99. The Hall–Kier alpha value is -0.0800. The lowest BCUT2D eigenvalue weighted by molar-refractivity contribution is -0.100. The molecule has 17 heavy (non-hydrogen) atoms. The van der Waals surface area contributed by atoms with Crippen molar-refractivity contribution in [1.82, 2.24) is 0 Å². The van der Waals surface area contributed by atoms with Crippen LogP contribution in [0, 0.1) is 0 Å². The lowest BCUT2D eigenvalue weighted by Gasteiger charge is -2.41. The molecule has 2 heteroatoms. The molecule has 1 aliphatic carbocycles. The van der Waals surface area contributed by atoms with E-state index in [1.165, 1.54) is 44.9 Å². The third kappa shape index (κ3) is 5.39. The van der Waals surface area contributed by atoms with E-state index in [0.29, 0.717) is 0 Å². The van der Waals surface area contributed by atoms with E-state index < -0.39 is 0 Å². The summed E-state index contributed by atoms with van der Waals surface area (Å²) in [6.07, 6.45) is 13.0. The maximum absolute atomic E-state index is 10.0. The standard InChI is InChI=1S/C15H30O2/c1-3-4-5-6-7-8-10-14(16)13-15(17-2)11-9-12-15/h14,16H,3-13H2,1-2H3. The molecule has 0 radical (unpaired) electrons. The van der Waals surface area contributed by atoms with Crippen molar-refractivity contribution < 1.29 is 9.84 Å². The molecule has 0 bridgehead atoms. The Morgan fingerprint density at radius 1 is 1.12 bits per heavy atom. The summed E-state index contributed by atoms with van der Waals surface area (Å²) in [6.45, 7) is 2.24. The average Bonchev–Trinajstić information content (AvgIpc) is 2.28. The minimum atomic E-state index is -0.151. The zero-order valence-electron chi connectivity index (χ0n) is 11.7. The number of unbranched alkanes of at least 4 members (excludes halogenated alkanes) is 5. The van der Waals surface area contributed by atoms with Crippen LogP contribution in [0.3, 0.4) is 0 Å². The molecule has 1 saturated carbocycles. The summed E-state index contributed by atoms with van der Waals surface area (Å²) in [4.78, 5) is 0. The van der Waals surface area contributed by atoms with Gasteiger partial charge in [-0.05, 0) is 25.7 Å². The first-order valence-corrected chi connectivity index (χ1v) is 7.45. The Kier molecular flexibility index (Phi) is 7.14. The van der Waals surface area contributed by atoms with Gasteiger partial charge in [-0.3, -0.25) is 0 Å². The van der Waals surface area contributed by atoms with Crippen molar-refractivity contribution >= 4 is 0 Å². The SMILES string of the molecule is CCCCCCCCC(O)CC1(OC)CCC1. The molecule has 0 heterocycles. The topological polar surface area (TPSA) is 29.5 Å². The molecule has 2 nitrogen and oxygen atoms in total. The third-order valence-corrected chi connectivity index (χ3v) is 4.20. The van der Waals surface area contributed by atoms with Crippen molar-refractivity contribution in [3.05, 3.63) is 0 Å². The first kappa shape index (κ1) is 15.0. The summed E-state index contributed by atoms with van der Waals surface area (Å²) in [5, 5.41) is 10.0. The highest BCUT2D eigenvalue weighted by Crippen LogP contribution is 2.39. The van der Waals surface area contributed by atoms with Crippen LogP contribution in [-0.4, -0.2) is 23.9 Å². The van der Waals surface area contributed by atoms with Crippen molar-refractivity contribution in [1.29, 1.82) is 0 Å². The fourth-order valence-corrected chi connectivity index (χ4v) is 2.75. The van der Waals surface area contributed by atoms with Gasteiger partial charge in [-0.2, -0.15) is 0 Å². The highest BCUT2D eigenvalue weighted by atomic mass is 16.5. The quantitative estimate of drug-likeness (QED) is 0.585. The van der Waals surface area contributed by atoms with Gasteiger partial charge in [0.2, 0.25) is 0 Å². The number of methoxy groups -OCH3 is 1. The van der Waals surface area contributed by atoms with Crippen molar-refractivity contribution in [2.24, 2.45) is 0 Å². The molecule has 0 aromatic rings. The zero-order valence-corrected chi connectivity index (χ0v) is 11.7. The summed E-state index contributed by atoms with van der Waals surface area (Å²) in [5.74, 6) is 0.